The highest BCUT2D eigenvalue weighted by Gasteiger charge is 2.53. The number of ether oxygens (including phenoxy) is 1. The number of piperazine rings is 1. The summed E-state index contributed by atoms with van der Waals surface area (Å²) in [5, 5.41) is 19.9. The number of nitrogens with zero attached hydrogens (tertiary/aromatic N) is 2. The maximum Gasteiger partial charge on any atom is 0.310 e. The molecule has 106 valence electrons. The third-order valence-corrected chi connectivity index (χ3v) is 4.49. The monoisotopic (exact) mass is 268 g/mol. The largest absolute Gasteiger partial charge is 0.481 e. The molecule has 0 aromatic rings. The molecule has 2 bridgehead atoms. The summed E-state index contributed by atoms with van der Waals surface area (Å²) in [6, 6.07) is 0. The van der Waals surface area contributed by atoms with E-state index in [2.05, 4.69) is 4.90 Å². The van der Waals surface area contributed by atoms with Gasteiger partial charge in [0, 0.05) is 32.1 Å². The van der Waals surface area contributed by atoms with E-state index in [1.807, 2.05) is 18.0 Å². The first-order chi connectivity index (χ1) is 9.08. The van der Waals surface area contributed by atoms with E-state index in [1.165, 1.54) is 0 Å². The summed E-state index contributed by atoms with van der Waals surface area (Å²) in [7, 11) is 2.05. The first-order valence-corrected chi connectivity index (χ1v) is 6.75. The lowest BCUT2D eigenvalue weighted by Gasteiger charge is -2.39. The number of rotatable bonds is 3. The van der Waals surface area contributed by atoms with E-state index in [0.717, 1.165) is 26.2 Å². The summed E-state index contributed by atoms with van der Waals surface area (Å²) < 4.78 is 5.60. The maximum atomic E-state index is 11.4. The number of carboxylic acids is 1. The topological polar surface area (TPSA) is 73.2 Å². The Balaban J connectivity index is 1.73. The molecule has 3 aliphatic heterocycles. The zero-order valence-corrected chi connectivity index (χ0v) is 11.0. The molecule has 0 aromatic carbocycles. The fraction of sp³-hybridized carbons (Fsp3) is 0.769. The smallest absolute Gasteiger partial charge is 0.310 e. The molecule has 0 aliphatic carbocycles. The van der Waals surface area contributed by atoms with Crippen LogP contribution < -0.4 is 0 Å². The quantitative estimate of drug-likeness (QED) is 0.653. The van der Waals surface area contributed by atoms with Crippen LogP contribution in [0.2, 0.25) is 0 Å². The molecule has 0 aromatic heterocycles. The van der Waals surface area contributed by atoms with Crippen LogP contribution in [0.15, 0.2) is 12.2 Å². The predicted octanol–water partition coefficient (Wildman–Crippen LogP) is -0.794. The molecule has 0 amide bonds. The molecule has 3 heterocycles. The Labute approximate surface area is 112 Å². The molecule has 2 N–H and O–H groups in total. The molecule has 6 heteroatoms. The summed E-state index contributed by atoms with van der Waals surface area (Å²) in [6.45, 7) is 3.32. The lowest BCUT2D eigenvalue weighted by Crippen LogP contribution is -2.54. The van der Waals surface area contributed by atoms with E-state index in [0.29, 0.717) is 0 Å². The van der Waals surface area contributed by atoms with Gasteiger partial charge in [0.1, 0.15) is 6.23 Å². The second-order valence-electron chi connectivity index (χ2n) is 5.64. The second kappa shape index (κ2) is 4.86. The summed E-state index contributed by atoms with van der Waals surface area (Å²) in [4.78, 5) is 15.6. The molecule has 19 heavy (non-hydrogen) atoms. The normalized spacial score (nSPS) is 40.7. The number of aliphatic hydroxyl groups is 1. The van der Waals surface area contributed by atoms with Gasteiger partial charge in [-0.3, -0.25) is 9.69 Å². The van der Waals surface area contributed by atoms with E-state index in [-0.39, 0.29) is 18.1 Å². The summed E-state index contributed by atoms with van der Waals surface area (Å²) in [5.41, 5.74) is 0. The van der Waals surface area contributed by atoms with Gasteiger partial charge in [0.2, 0.25) is 0 Å². The predicted molar refractivity (Wildman–Crippen MR) is 67.5 cm³/mol. The summed E-state index contributed by atoms with van der Waals surface area (Å²) >= 11 is 0. The molecule has 0 spiro atoms. The minimum Gasteiger partial charge on any atom is -0.481 e. The van der Waals surface area contributed by atoms with Crippen LogP contribution in [-0.4, -0.2) is 77.6 Å². The fourth-order valence-electron chi connectivity index (χ4n) is 3.33. The average Bonchev–Trinajstić information content (AvgIpc) is 2.98. The molecule has 5 atom stereocenters. The second-order valence-corrected chi connectivity index (χ2v) is 5.64. The van der Waals surface area contributed by atoms with Crippen molar-refractivity contribution >= 4 is 5.97 Å². The standard InChI is InChI=1S/C13H20N2O4/c1-14-4-6-15(7-5-14)12(16)10-8-2-3-9(19-8)11(10)13(17)18/h2-3,8-12,16H,4-7H2,1H3,(H,17,18). The molecule has 6 nitrogen and oxygen atoms in total. The Bertz CT molecular complexity index is 392. The lowest BCUT2D eigenvalue weighted by atomic mass is 9.81. The molecule has 2 fully saturated rings. The van der Waals surface area contributed by atoms with Crippen LogP contribution in [-0.2, 0) is 9.53 Å². The molecule has 5 unspecified atom stereocenters. The number of likely N-dealkylation sites (N-methyl/N-ethyl adjacent to an activating group) is 1. The van der Waals surface area contributed by atoms with Gasteiger partial charge in [-0.15, -0.1) is 0 Å². The van der Waals surface area contributed by atoms with Crippen molar-refractivity contribution in [1.82, 2.24) is 9.80 Å². The maximum absolute atomic E-state index is 11.4. The Morgan fingerprint density at radius 2 is 1.89 bits per heavy atom. The van der Waals surface area contributed by atoms with Crippen LogP contribution in [0.4, 0.5) is 0 Å². The number of hydrogen-bond donors (Lipinski definition) is 2. The molecule has 3 rings (SSSR count). The van der Waals surface area contributed by atoms with Gasteiger partial charge in [-0.05, 0) is 7.05 Å². The fourth-order valence-corrected chi connectivity index (χ4v) is 3.33. The van der Waals surface area contributed by atoms with E-state index < -0.39 is 18.1 Å². The number of aliphatic hydroxyl groups excluding tert-OH is 1. The van der Waals surface area contributed by atoms with Crippen LogP contribution in [0.25, 0.3) is 0 Å². The van der Waals surface area contributed by atoms with Gasteiger partial charge in [-0.25, -0.2) is 0 Å². The van der Waals surface area contributed by atoms with Gasteiger partial charge < -0.3 is 19.8 Å². The Kier molecular flexibility index (Phi) is 3.34. The SMILES string of the molecule is CN1CCN(C(O)C2C3C=CC(O3)C2C(=O)O)CC1. The van der Waals surface area contributed by atoms with Gasteiger partial charge in [-0.1, -0.05) is 12.2 Å². The molecule has 3 aliphatic rings. The first-order valence-electron chi connectivity index (χ1n) is 6.75. The number of carbonyl (C=O) groups is 1. The van der Waals surface area contributed by atoms with Gasteiger partial charge in [0.05, 0.1) is 18.1 Å². The number of hydrogen-bond acceptors (Lipinski definition) is 5. The van der Waals surface area contributed by atoms with Crippen molar-refractivity contribution in [3.05, 3.63) is 12.2 Å². The number of carboxylic acid groups (broad SMARTS) is 1. The third-order valence-electron chi connectivity index (χ3n) is 4.49. The summed E-state index contributed by atoms with van der Waals surface area (Å²) in [6.07, 6.45) is 2.30. The molecule has 0 saturated carbocycles. The Morgan fingerprint density at radius 3 is 2.53 bits per heavy atom. The van der Waals surface area contributed by atoms with Crippen LogP contribution >= 0.6 is 0 Å². The molecular weight excluding hydrogens is 248 g/mol. The van der Waals surface area contributed by atoms with Crippen molar-refractivity contribution in [2.75, 3.05) is 33.2 Å². The van der Waals surface area contributed by atoms with Gasteiger partial charge in [-0.2, -0.15) is 0 Å². The van der Waals surface area contributed by atoms with E-state index in [9.17, 15) is 15.0 Å². The highest BCUT2D eigenvalue weighted by Crippen LogP contribution is 2.41. The molecule has 2 saturated heterocycles. The number of aliphatic carboxylic acids is 1. The zero-order valence-electron chi connectivity index (χ0n) is 11.0. The average molecular weight is 268 g/mol. The molecule has 0 radical (unpaired) electrons. The van der Waals surface area contributed by atoms with Gasteiger partial charge >= 0.3 is 5.97 Å². The third kappa shape index (κ3) is 2.18. The lowest BCUT2D eigenvalue weighted by molar-refractivity contribution is -0.148. The van der Waals surface area contributed by atoms with Crippen LogP contribution in [0.1, 0.15) is 0 Å². The van der Waals surface area contributed by atoms with Crippen LogP contribution in [0.3, 0.4) is 0 Å². The molecular formula is C13H20N2O4. The van der Waals surface area contributed by atoms with Crippen molar-refractivity contribution in [3.63, 3.8) is 0 Å². The van der Waals surface area contributed by atoms with Gasteiger partial charge in [0.25, 0.3) is 0 Å². The highest BCUT2D eigenvalue weighted by molar-refractivity contribution is 5.73. The van der Waals surface area contributed by atoms with Crippen molar-refractivity contribution in [2.45, 2.75) is 18.4 Å². The van der Waals surface area contributed by atoms with Crippen molar-refractivity contribution < 1.29 is 19.7 Å². The zero-order chi connectivity index (χ0) is 13.6. The van der Waals surface area contributed by atoms with Gasteiger partial charge in [0.15, 0.2) is 0 Å². The van der Waals surface area contributed by atoms with Crippen molar-refractivity contribution in [2.24, 2.45) is 11.8 Å². The van der Waals surface area contributed by atoms with Crippen molar-refractivity contribution in [1.29, 1.82) is 0 Å². The van der Waals surface area contributed by atoms with Crippen LogP contribution in [0.5, 0.6) is 0 Å². The van der Waals surface area contributed by atoms with Crippen LogP contribution in [0, 0.1) is 11.8 Å². The minimum atomic E-state index is -0.880. The highest BCUT2D eigenvalue weighted by atomic mass is 16.5. The first kappa shape index (κ1) is 13.1. The van der Waals surface area contributed by atoms with E-state index in [1.54, 1.807) is 6.08 Å². The summed E-state index contributed by atoms with van der Waals surface area (Å²) in [5.74, 6) is -1.88. The van der Waals surface area contributed by atoms with E-state index >= 15 is 0 Å². The van der Waals surface area contributed by atoms with Crippen molar-refractivity contribution in [3.8, 4) is 0 Å². The Hall–Kier alpha value is -0.950. The Morgan fingerprint density at radius 1 is 1.26 bits per heavy atom. The minimum absolute atomic E-state index is 0.263. The number of fused-ring (bicyclic) bond motifs is 2. The van der Waals surface area contributed by atoms with E-state index in [4.69, 9.17) is 4.74 Å².